The summed E-state index contributed by atoms with van der Waals surface area (Å²) in [7, 11) is 0. The van der Waals surface area contributed by atoms with Crippen molar-refractivity contribution in [3.63, 3.8) is 0 Å². The molecular weight excluding hydrogens is 270 g/mol. The minimum absolute atomic E-state index is 0.145. The number of nitrogens with one attached hydrogen (secondary N) is 1. The number of carboxylic acids is 1. The molecular formula is C16H27NO4. The van der Waals surface area contributed by atoms with E-state index in [4.69, 9.17) is 9.84 Å². The van der Waals surface area contributed by atoms with Crippen molar-refractivity contribution in [2.45, 2.75) is 71.0 Å². The minimum atomic E-state index is -0.975. The van der Waals surface area contributed by atoms with Gasteiger partial charge < -0.3 is 15.2 Å². The zero-order valence-corrected chi connectivity index (χ0v) is 13.1. The van der Waals surface area contributed by atoms with Crippen molar-refractivity contribution in [1.29, 1.82) is 0 Å². The number of amides is 1. The molecule has 2 atom stereocenters. The molecule has 0 spiro atoms. The molecule has 1 heterocycles. The first kappa shape index (κ1) is 16.3. The highest BCUT2D eigenvalue weighted by Gasteiger charge is 2.38. The van der Waals surface area contributed by atoms with Crippen LogP contribution in [-0.2, 0) is 14.3 Å². The number of carboxylic acid groups (broad SMARTS) is 1. The lowest BCUT2D eigenvalue weighted by Crippen LogP contribution is -2.42. The predicted molar refractivity (Wildman–Crippen MR) is 78.9 cm³/mol. The molecule has 1 amide bonds. The summed E-state index contributed by atoms with van der Waals surface area (Å²) in [5.41, 5.74) is 0.231. The summed E-state index contributed by atoms with van der Waals surface area (Å²) in [6.45, 7) is 5.14. The summed E-state index contributed by atoms with van der Waals surface area (Å²) in [6, 6.07) is 0. The van der Waals surface area contributed by atoms with Gasteiger partial charge in [-0.15, -0.1) is 0 Å². The van der Waals surface area contributed by atoms with Crippen molar-refractivity contribution in [2.24, 2.45) is 11.3 Å². The van der Waals surface area contributed by atoms with Crippen LogP contribution in [0.5, 0.6) is 0 Å². The maximum absolute atomic E-state index is 12.2. The van der Waals surface area contributed by atoms with E-state index in [-0.39, 0.29) is 11.3 Å². The van der Waals surface area contributed by atoms with Crippen LogP contribution in [0.3, 0.4) is 0 Å². The number of rotatable bonds is 6. The van der Waals surface area contributed by atoms with Gasteiger partial charge >= 0.3 is 5.97 Å². The third kappa shape index (κ3) is 4.19. The van der Waals surface area contributed by atoms with E-state index in [9.17, 15) is 9.59 Å². The monoisotopic (exact) mass is 297 g/mol. The highest BCUT2D eigenvalue weighted by molar-refractivity contribution is 5.82. The molecule has 5 nitrogen and oxygen atoms in total. The normalized spacial score (nSPS) is 28.0. The van der Waals surface area contributed by atoms with Gasteiger partial charge in [0.1, 0.15) is 6.10 Å². The summed E-state index contributed by atoms with van der Waals surface area (Å²) < 4.78 is 5.30. The molecule has 0 radical (unpaired) electrons. The molecule has 1 saturated heterocycles. The van der Waals surface area contributed by atoms with E-state index < -0.39 is 18.2 Å². The maximum atomic E-state index is 12.2. The fraction of sp³-hybridized carbons (Fsp3) is 0.875. The van der Waals surface area contributed by atoms with Crippen LogP contribution in [0, 0.1) is 11.3 Å². The Kier molecular flexibility index (Phi) is 5.25. The van der Waals surface area contributed by atoms with Gasteiger partial charge in [0.25, 0.3) is 0 Å². The molecule has 21 heavy (non-hydrogen) atoms. The summed E-state index contributed by atoms with van der Waals surface area (Å²) in [5, 5.41) is 11.9. The van der Waals surface area contributed by atoms with E-state index in [1.165, 1.54) is 25.7 Å². The van der Waals surface area contributed by atoms with Crippen molar-refractivity contribution < 1.29 is 19.4 Å². The van der Waals surface area contributed by atoms with Crippen molar-refractivity contribution in [3.8, 4) is 0 Å². The van der Waals surface area contributed by atoms with Gasteiger partial charge in [-0.2, -0.15) is 0 Å². The molecule has 2 fully saturated rings. The first-order valence-electron chi connectivity index (χ1n) is 8.08. The minimum Gasteiger partial charge on any atom is -0.479 e. The standard InChI is InChI=1S/C16H27NO4/c1-11(2)9-16(7-3-4-8-16)10-17-14(18)12-5-6-13(21-12)15(19)20/h11-13H,3-10H2,1-2H3,(H,17,18)(H,19,20). The van der Waals surface area contributed by atoms with Crippen LogP contribution >= 0.6 is 0 Å². The molecule has 2 rings (SSSR count). The fourth-order valence-electron chi connectivity index (χ4n) is 3.84. The van der Waals surface area contributed by atoms with Gasteiger partial charge in [-0.05, 0) is 43.4 Å². The smallest absolute Gasteiger partial charge is 0.332 e. The molecule has 0 aromatic rings. The Morgan fingerprint density at radius 3 is 2.38 bits per heavy atom. The first-order chi connectivity index (χ1) is 9.92. The largest absolute Gasteiger partial charge is 0.479 e. The van der Waals surface area contributed by atoms with Crippen LogP contribution in [-0.4, -0.2) is 35.7 Å². The maximum Gasteiger partial charge on any atom is 0.332 e. The van der Waals surface area contributed by atoms with Crippen LogP contribution in [0.2, 0.25) is 0 Å². The lowest BCUT2D eigenvalue weighted by molar-refractivity contribution is -0.151. The second-order valence-corrected chi connectivity index (χ2v) is 7.05. The van der Waals surface area contributed by atoms with Crippen molar-refractivity contribution >= 4 is 11.9 Å². The molecule has 5 heteroatoms. The Morgan fingerprint density at radius 2 is 1.86 bits per heavy atom. The Bertz CT molecular complexity index is 388. The van der Waals surface area contributed by atoms with E-state index in [1.54, 1.807) is 0 Å². The number of hydrogen-bond acceptors (Lipinski definition) is 3. The van der Waals surface area contributed by atoms with Crippen molar-refractivity contribution in [2.75, 3.05) is 6.54 Å². The Morgan fingerprint density at radius 1 is 1.24 bits per heavy atom. The van der Waals surface area contributed by atoms with Gasteiger partial charge in [-0.3, -0.25) is 4.79 Å². The second kappa shape index (κ2) is 6.77. The van der Waals surface area contributed by atoms with Gasteiger partial charge in [0.15, 0.2) is 6.10 Å². The number of carbonyl (C=O) groups excluding carboxylic acids is 1. The lowest BCUT2D eigenvalue weighted by Gasteiger charge is -2.31. The SMILES string of the molecule is CC(C)CC1(CNC(=O)C2CCC(C(=O)O)O2)CCCC1. The number of hydrogen-bond donors (Lipinski definition) is 2. The van der Waals surface area contributed by atoms with Crippen LogP contribution in [0.15, 0.2) is 0 Å². The van der Waals surface area contributed by atoms with E-state index >= 15 is 0 Å². The zero-order chi connectivity index (χ0) is 15.5. The van der Waals surface area contributed by atoms with Gasteiger partial charge in [0.05, 0.1) is 0 Å². The Hall–Kier alpha value is -1.10. The molecule has 2 aliphatic rings. The van der Waals surface area contributed by atoms with Crippen molar-refractivity contribution in [3.05, 3.63) is 0 Å². The van der Waals surface area contributed by atoms with Gasteiger partial charge in [0, 0.05) is 6.54 Å². The Labute approximate surface area is 126 Å². The molecule has 1 aliphatic carbocycles. The highest BCUT2D eigenvalue weighted by atomic mass is 16.5. The molecule has 1 saturated carbocycles. The zero-order valence-electron chi connectivity index (χ0n) is 13.1. The van der Waals surface area contributed by atoms with Gasteiger partial charge in [-0.25, -0.2) is 4.79 Å². The summed E-state index contributed by atoms with van der Waals surface area (Å²) in [6.07, 6.45) is 5.47. The third-order valence-electron chi connectivity index (χ3n) is 4.73. The predicted octanol–water partition coefficient (Wildman–Crippen LogP) is 2.34. The average Bonchev–Trinajstić information content (AvgIpc) is 3.04. The fourth-order valence-corrected chi connectivity index (χ4v) is 3.84. The van der Waals surface area contributed by atoms with Crippen molar-refractivity contribution in [1.82, 2.24) is 5.32 Å². The van der Waals surface area contributed by atoms with Crippen LogP contribution < -0.4 is 5.32 Å². The molecule has 1 aliphatic heterocycles. The lowest BCUT2D eigenvalue weighted by atomic mass is 9.78. The summed E-state index contributed by atoms with van der Waals surface area (Å²) in [4.78, 5) is 23.0. The molecule has 120 valence electrons. The number of carbonyl (C=O) groups is 2. The number of aliphatic carboxylic acids is 1. The topological polar surface area (TPSA) is 75.6 Å². The van der Waals surface area contributed by atoms with Crippen LogP contribution in [0.1, 0.15) is 58.8 Å². The Balaban J connectivity index is 1.84. The van der Waals surface area contributed by atoms with Gasteiger partial charge in [-0.1, -0.05) is 26.7 Å². The van der Waals surface area contributed by atoms with E-state index in [2.05, 4.69) is 19.2 Å². The molecule has 2 unspecified atom stereocenters. The molecule has 0 bridgehead atoms. The number of ether oxygens (including phenoxy) is 1. The third-order valence-corrected chi connectivity index (χ3v) is 4.73. The quantitative estimate of drug-likeness (QED) is 0.789. The average molecular weight is 297 g/mol. The van der Waals surface area contributed by atoms with E-state index in [0.29, 0.717) is 25.3 Å². The van der Waals surface area contributed by atoms with Crippen LogP contribution in [0.4, 0.5) is 0 Å². The summed E-state index contributed by atoms with van der Waals surface area (Å²) >= 11 is 0. The second-order valence-electron chi connectivity index (χ2n) is 7.05. The van der Waals surface area contributed by atoms with Crippen LogP contribution in [0.25, 0.3) is 0 Å². The molecule has 0 aromatic heterocycles. The van der Waals surface area contributed by atoms with E-state index in [1.807, 2.05) is 0 Å². The molecule has 2 N–H and O–H groups in total. The molecule has 0 aromatic carbocycles. The highest BCUT2D eigenvalue weighted by Crippen LogP contribution is 2.42. The van der Waals surface area contributed by atoms with Gasteiger partial charge in [0.2, 0.25) is 5.91 Å². The first-order valence-corrected chi connectivity index (χ1v) is 8.08. The summed E-state index contributed by atoms with van der Waals surface area (Å²) in [5.74, 6) is -0.495. The van der Waals surface area contributed by atoms with E-state index in [0.717, 1.165) is 6.42 Å².